The first kappa shape index (κ1) is 15.5. The van der Waals surface area contributed by atoms with E-state index in [1.54, 1.807) is 6.92 Å². The summed E-state index contributed by atoms with van der Waals surface area (Å²) in [6.45, 7) is 7.91. The molecule has 106 valence electrons. The van der Waals surface area contributed by atoms with Crippen LogP contribution in [0.25, 0.3) is 0 Å². The third-order valence-corrected chi connectivity index (χ3v) is 2.20. The molecule has 0 saturated carbocycles. The molecule has 1 atom stereocenters. The summed E-state index contributed by atoms with van der Waals surface area (Å²) in [4.78, 5) is 11.6. The lowest BCUT2D eigenvalue weighted by atomic mass is 10.2. The summed E-state index contributed by atoms with van der Waals surface area (Å²) in [6, 6.07) is 9.47. The van der Waals surface area contributed by atoms with E-state index < -0.39 is 11.7 Å². The van der Waals surface area contributed by atoms with E-state index in [4.69, 9.17) is 14.2 Å². The lowest BCUT2D eigenvalue weighted by Crippen LogP contribution is -2.32. The van der Waals surface area contributed by atoms with Gasteiger partial charge in [-0.2, -0.15) is 0 Å². The smallest absolute Gasteiger partial charge is 0.335 e. The summed E-state index contributed by atoms with van der Waals surface area (Å²) in [7, 11) is 0. The zero-order chi connectivity index (χ0) is 14.3. The van der Waals surface area contributed by atoms with Gasteiger partial charge in [-0.15, -0.1) is 0 Å². The fraction of sp³-hybridized carbons (Fsp3) is 0.533. The molecule has 0 aromatic heterocycles. The van der Waals surface area contributed by atoms with Gasteiger partial charge in [-0.3, -0.25) is 0 Å². The molecule has 0 fully saturated rings. The molecular formula is C15H22O4. The highest BCUT2D eigenvalue weighted by Crippen LogP contribution is 2.10. The zero-order valence-electron chi connectivity index (χ0n) is 12.0. The summed E-state index contributed by atoms with van der Waals surface area (Å²) >= 11 is 0. The third-order valence-electron chi connectivity index (χ3n) is 2.20. The van der Waals surface area contributed by atoms with Gasteiger partial charge in [0.25, 0.3) is 0 Å². The van der Waals surface area contributed by atoms with E-state index in [-0.39, 0.29) is 5.97 Å². The quantitative estimate of drug-likeness (QED) is 0.586. The van der Waals surface area contributed by atoms with Crippen LogP contribution >= 0.6 is 0 Å². The van der Waals surface area contributed by atoms with Gasteiger partial charge < -0.3 is 14.2 Å². The molecule has 1 rings (SSSR count). The summed E-state index contributed by atoms with van der Waals surface area (Å²) < 4.78 is 16.0. The van der Waals surface area contributed by atoms with Gasteiger partial charge in [-0.05, 0) is 39.8 Å². The second kappa shape index (κ2) is 7.14. The Morgan fingerprint density at radius 3 is 2.37 bits per heavy atom. The van der Waals surface area contributed by atoms with Gasteiger partial charge in [-0.25, -0.2) is 4.79 Å². The Labute approximate surface area is 114 Å². The third kappa shape index (κ3) is 6.82. The number of ether oxygens (including phenoxy) is 3. The molecule has 1 unspecified atom stereocenters. The average Bonchev–Trinajstić information content (AvgIpc) is 2.33. The lowest BCUT2D eigenvalue weighted by Gasteiger charge is -2.22. The van der Waals surface area contributed by atoms with Crippen LogP contribution in [0.2, 0.25) is 0 Å². The van der Waals surface area contributed by atoms with Gasteiger partial charge in [0.05, 0.1) is 6.61 Å². The normalized spacial score (nSPS) is 12.8. The number of hydrogen-bond acceptors (Lipinski definition) is 4. The number of esters is 1. The monoisotopic (exact) mass is 266 g/mol. The molecule has 0 bridgehead atoms. The van der Waals surface area contributed by atoms with Gasteiger partial charge in [-0.1, -0.05) is 18.2 Å². The number of carbonyl (C=O) groups excluding carboxylic acids is 1. The first-order valence-corrected chi connectivity index (χ1v) is 6.41. The van der Waals surface area contributed by atoms with E-state index in [0.717, 1.165) is 5.75 Å². The number of rotatable bonds is 6. The van der Waals surface area contributed by atoms with Crippen molar-refractivity contribution < 1.29 is 19.0 Å². The fourth-order valence-corrected chi connectivity index (χ4v) is 1.35. The molecule has 0 spiro atoms. The van der Waals surface area contributed by atoms with E-state index in [1.165, 1.54) is 0 Å². The molecule has 0 aliphatic rings. The van der Waals surface area contributed by atoms with Gasteiger partial charge in [0, 0.05) is 0 Å². The van der Waals surface area contributed by atoms with E-state index >= 15 is 0 Å². The van der Waals surface area contributed by atoms with Crippen molar-refractivity contribution in [1.82, 2.24) is 0 Å². The molecule has 0 aliphatic heterocycles. The maximum atomic E-state index is 11.6. The Kier molecular flexibility index (Phi) is 5.83. The maximum Gasteiger partial charge on any atom is 0.335 e. The number of carbonyl (C=O) groups is 1. The van der Waals surface area contributed by atoms with Crippen LogP contribution in [0.15, 0.2) is 30.3 Å². The minimum atomic E-state index is -0.585. The molecule has 0 radical (unpaired) electrons. The molecule has 1 aromatic rings. The Balaban J connectivity index is 2.20. The molecule has 0 heterocycles. The van der Waals surface area contributed by atoms with Gasteiger partial charge >= 0.3 is 5.97 Å². The summed E-state index contributed by atoms with van der Waals surface area (Å²) in [5.74, 6) is 0.434. The lowest BCUT2D eigenvalue weighted by molar-refractivity contribution is -0.167. The van der Waals surface area contributed by atoms with Crippen molar-refractivity contribution in [3.63, 3.8) is 0 Å². The molecule has 4 nitrogen and oxygen atoms in total. The standard InChI is InChI=1S/C15H22O4/c1-12(14(16)19-15(2,3)4)17-10-11-18-13-8-6-5-7-9-13/h5-9,12H,10-11H2,1-4H3. The first-order valence-electron chi connectivity index (χ1n) is 6.41. The van der Waals surface area contributed by atoms with Crippen LogP contribution in [0.1, 0.15) is 27.7 Å². The first-order chi connectivity index (χ1) is 8.88. The largest absolute Gasteiger partial charge is 0.491 e. The van der Waals surface area contributed by atoms with E-state index in [1.807, 2.05) is 51.1 Å². The highest BCUT2D eigenvalue weighted by Gasteiger charge is 2.21. The van der Waals surface area contributed by atoms with Crippen LogP contribution in [0, 0.1) is 0 Å². The average molecular weight is 266 g/mol. The minimum Gasteiger partial charge on any atom is -0.491 e. The van der Waals surface area contributed by atoms with Crippen molar-refractivity contribution in [2.75, 3.05) is 13.2 Å². The van der Waals surface area contributed by atoms with Crippen molar-refractivity contribution in [3.05, 3.63) is 30.3 Å². The molecule has 1 aromatic carbocycles. The second-order valence-corrected chi connectivity index (χ2v) is 5.21. The molecular weight excluding hydrogens is 244 g/mol. The summed E-state index contributed by atoms with van der Waals surface area (Å²) in [6.07, 6.45) is -0.585. The van der Waals surface area contributed by atoms with Crippen LogP contribution in [0.3, 0.4) is 0 Å². The van der Waals surface area contributed by atoms with Gasteiger partial charge in [0.2, 0.25) is 0 Å². The Bertz CT molecular complexity index is 381. The van der Waals surface area contributed by atoms with Crippen LogP contribution in [-0.2, 0) is 14.3 Å². The molecule has 0 N–H and O–H groups in total. The van der Waals surface area contributed by atoms with Crippen molar-refractivity contribution in [3.8, 4) is 5.75 Å². The summed E-state index contributed by atoms with van der Waals surface area (Å²) in [5, 5.41) is 0. The van der Waals surface area contributed by atoms with Gasteiger partial charge in [0.15, 0.2) is 6.10 Å². The van der Waals surface area contributed by atoms with Crippen molar-refractivity contribution in [2.24, 2.45) is 0 Å². The van der Waals surface area contributed by atoms with E-state index in [9.17, 15) is 4.79 Å². The highest BCUT2D eigenvalue weighted by atomic mass is 16.6. The van der Waals surface area contributed by atoms with E-state index in [2.05, 4.69) is 0 Å². The summed E-state index contributed by atoms with van der Waals surface area (Å²) in [5.41, 5.74) is -0.491. The van der Waals surface area contributed by atoms with Crippen LogP contribution < -0.4 is 4.74 Å². The topological polar surface area (TPSA) is 44.8 Å². The SMILES string of the molecule is CC(OCCOc1ccccc1)C(=O)OC(C)(C)C. The predicted molar refractivity (Wildman–Crippen MR) is 73.2 cm³/mol. The van der Waals surface area contributed by atoms with Crippen LogP contribution in [-0.4, -0.2) is 30.9 Å². The molecule has 19 heavy (non-hydrogen) atoms. The van der Waals surface area contributed by atoms with Crippen LogP contribution in [0.5, 0.6) is 5.75 Å². The Hall–Kier alpha value is -1.55. The van der Waals surface area contributed by atoms with Gasteiger partial charge in [0.1, 0.15) is 18.0 Å². The Morgan fingerprint density at radius 2 is 1.79 bits per heavy atom. The highest BCUT2D eigenvalue weighted by molar-refractivity contribution is 5.74. The van der Waals surface area contributed by atoms with Crippen molar-refractivity contribution in [2.45, 2.75) is 39.4 Å². The Morgan fingerprint density at radius 1 is 1.16 bits per heavy atom. The number of hydrogen-bond donors (Lipinski definition) is 0. The van der Waals surface area contributed by atoms with Crippen molar-refractivity contribution in [1.29, 1.82) is 0 Å². The molecule has 0 aliphatic carbocycles. The number of benzene rings is 1. The minimum absolute atomic E-state index is 0.343. The maximum absolute atomic E-state index is 11.6. The molecule has 0 saturated heterocycles. The number of para-hydroxylation sites is 1. The molecule has 0 amide bonds. The fourth-order valence-electron chi connectivity index (χ4n) is 1.35. The second-order valence-electron chi connectivity index (χ2n) is 5.21. The predicted octanol–water partition coefficient (Wildman–Crippen LogP) is 2.81. The van der Waals surface area contributed by atoms with Crippen LogP contribution in [0.4, 0.5) is 0 Å². The zero-order valence-corrected chi connectivity index (χ0v) is 12.0. The molecule has 4 heteroatoms. The van der Waals surface area contributed by atoms with E-state index in [0.29, 0.717) is 13.2 Å². The van der Waals surface area contributed by atoms with Crippen molar-refractivity contribution >= 4 is 5.97 Å².